The van der Waals surface area contributed by atoms with Crippen molar-refractivity contribution in [2.45, 2.75) is 0 Å². The van der Waals surface area contributed by atoms with E-state index in [0.29, 0.717) is 0 Å². The minimum absolute atomic E-state index is 1.41. The van der Waals surface area contributed by atoms with Crippen molar-refractivity contribution in [1.29, 1.82) is 0 Å². The third kappa shape index (κ3) is 4.95. The minimum atomic E-state index is -4.14. The molecule has 6 aromatic rings. The Hall–Kier alpha value is -3.78. The fourth-order valence-corrected chi connectivity index (χ4v) is 59.6. The van der Waals surface area contributed by atoms with E-state index in [1.165, 1.54) is 23.1 Å². The normalized spacial score (nSPS) is 11.2. The van der Waals surface area contributed by atoms with Crippen molar-refractivity contribution in [3.8, 4) is 0 Å². The average molecular weight is 750 g/mol. The number of rotatable bonds is 8. The second-order valence-electron chi connectivity index (χ2n) is 10.4. The second-order valence-corrected chi connectivity index (χ2v) is 35.7. The Morgan fingerprint density at radius 2 is 0.524 bits per heavy atom. The first-order valence-electron chi connectivity index (χ1n) is 14.3. The van der Waals surface area contributed by atoms with Gasteiger partial charge < -0.3 is 0 Å². The molecule has 0 aliphatic heterocycles. The number of hydrogen-bond donors (Lipinski definition) is 0. The van der Waals surface area contributed by atoms with Gasteiger partial charge in [-0.3, -0.25) is 0 Å². The third-order valence-corrected chi connectivity index (χ3v) is 48.1. The molecule has 2 heteroatoms. The van der Waals surface area contributed by atoms with Gasteiger partial charge in [-0.2, -0.15) is 0 Å². The summed E-state index contributed by atoms with van der Waals surface area (Å²) in [6.45, 7) is 4.20. The molecule has 0 aromatic heterocycles. The van der Waals surface area contributed by atoms with E-state index in [9.17, 15) is 0 Å². The summed E-state index contributed by atoms with van der Waals surface area (Å²) < 4.78 is 9.89. The van der Waals surface area contributed by atoms with E-state index in [1.807, 2.05) is 0 Å². The molecule has 0 N–H and O–H groups in total. The molecular formula is C40H32Sn2. The number of hydrogen-bond acceptors (Lipinski definition) is 0. The van der Waals surface area contributed by atoms with Crippen LogP contribution in [0.3, 0.4) is 0 Å². The molecule has 0 saturated heterocycles. The molecule has 0 aliphatic carbocycles. The summed E-state index contributed by atoms with van der Waals surface area (Å²) in [6, 6.07) is 67.5. The first-order chi connectivity index (χ1) is 20.8. The van der Waals surface area contributed by atoms with Crippen molar-refractivity contribution >= 4 is 58.2 Å². The van der Waals surface area contributed by atoms with Crippen LogP contribution in [0, 0.1) is 0 Å². The molecule has 0 nitrogen and oxygen atoms in total. The third-order valence-electron chi connectivity index (χ3n) is 8.20. The first kappa shape index (κ1) is 28.3. The zero-order chi connectivity index (χ0) is 28.7. The maximum atomic E-state index is 4.20. The van der Waals surface area contributed by atoms with E-state index >= 15 is 0 Å². The SMILES string of the molecule is C=C=C=[C]([Sn]([c]1ccccc1)([c]1ccccc1)[c]1ccccc1)[Sn]([c]1ccccc1)([c]1ccccc1)[c]1ccccc1. The van der Waals surface area contributed by atoms with Crippen LogP contribution in [0.25, 0.3) is 0 Å². The zero-order valence-electron chi connectivity index (χ0n) is 23.5. The van der Waals surface area contributed by atoms with Gasteiger partial charge in [0.25, 0.3) is 0 Å². The van der Waals surface area contributed by atoms with Gasteiger partial charge in [0.05, 0.1) is 0 Å². The van der Waals surface area contributed by atoms with Crippen LogP contribution in [0.1, 0.15) is 0 Å². The van der Waals surface area contributed by atoms with Gasteiger partial charge in [0.2, 0.25) is 0 Å². The van der Waals surface area contributed by atoms with Crippen molar-refractivity contribution < 1.29 is 0 Å². The van der Waals surface area contributed by atoms with E-state index in [0.717, 1.165) is 0 Å². The Balaban J connectivity index is 1.91. The molecule has 6 rings (SSSR count). The van der Waals surface area contributed by atoms with Gasteiger partial charge in [0.15, 0.2) is 0 Å². The van der Waals surface area contributed by atoms with E-state index in [2.05, 4.69) is 200 Å². The van der Waals surface area contributed by atoms with Crippen LogP contribution < -0.4 is 21.5 Å². The quantitative estimate of drug-likeness (QED) is 0.147. The van der Waals surface area contributed by atoms with Crippen molar-refractivity contribution in [3.05, 3.63) is 202 Å². The fraction of sp³-hybridized carbons (Fsp3) is 0. The summed E-state index contributed by atoms with van der Waals surface area (Å²) >= 11 is -8.28. The topological polar surface area (TPSA) is 0 Å². The monoisotopic (exact) mass is 752 g/mol. The summed E-state index contributed by atoms with van der Waals surface area (Å²) in [5.41, 5.74) is 7.16. The van der Waals surface area contributed by atoms with Crippen LogP contribution in [0.2, 0.25) is 0 Å². The van der Waals surface area contributed by atoms with Gasteiger partial charge in [0.1, 0.15) is 0 Å². The molecule has 0 saturated carbocycles. The predicted octanol–water partition coefficient (Wildman–Crippen LogP) is 5.27. The van der Waals surface area contributed by atoms with Crippen molar-refractivity contribution in [2.75, 3.05) is 0 Å². The Kier molecular flexibility index (Phi) is 8.79. The van der Waals surface area contributed by atoms with Crippen molar-refractivity contribution in [2.24, 2.45) is 0 Å². The molecule has 0 fully saturated rings. The van der Waals surface area contributed by atoms with Crippen LogP contribution in [0.15, 0.2) is 202 Å². The molecule has 0 radical (unpaired) electrons. The van der Waals surface area contributed by atoms with Crippen LogP contribution in [0.4, 0.5) is 0 Å². The molecule has 200 valence electrons. The van der Waals surface area contributed by atoms with E-state index in [-0.39, 0.29) is 0 Å². The molecule has 0 bridgehead atoms. The summed E-state index contributed by atoms with van der Waals surface area (Å²) in [5.74, 6) is 0. The number of benzene rings is 6. The maximum absolute atomic E-state index is 4.20. The van der Waals surface area contributed by atoms with E-state index < -0.39 is 36.8 Å². The van der Waals surface area contributed by atoms with Crippen molar-refractivity contribution in [1.82, 2.24) is 0 Å². The molecule has 0 atom stereocenters. The summed E-state index contributed by atoms with van der Waals surface area (Å²) in [6.07, 6.45) is 0. The summed E-state index contributed by atoms with van der Waals surface area (Å²) in [4.78, 5) is 0. The van der Waals surface area contributed by atoms with Crippen molar-refractivity contribution in [3.63, 3.8) is 0 Å². The van der Waals surface area contributed by atoms with Gasteiger partial charge in [-0.25, -0.2) is 0 Å². The van der Waals surface area contributed by atoms with Gasteiger partial charge in [0, 0.05) is 0 Å². The van der Waals surface area contributed by atoms with Crippen LogP contribution in [0.5, 0.6) is 0 Å². The molecular weight excluding hydrogens is 718 g/mol. The Morgan fingerprint density at radius 1 is 0.333 bits per heavy atom. The zero-order valence-corrected chi connectivity index (χ0v) is 29.2. The summed E-state index contributed by atoms with van der Waals surface area (Å²) in [7, 11) is 0. The van der Waals surface area contributed by atoms with Crippen LogP contribution >= 0.6 is 0 Å². The molecule has 42 heavy (non-hydrogen) atoms. The molecule has 0 spiro atoms. The predicted molar refractivity (Wildman–Crippen MR) is 184 cm³/mol. The van der Waals surface area contributed by atoms with E-state index in [4.69, 9.17) is 0 Å². The molecule has 0 heterocycles. The van der Waals surface area contributed by atoms with Gasteiger partial charge in [-0.05, 0) is 0 Å². The average Bonchev–Trinajstić information content (AvgIpc) is 3.08. The first-order valence-corrected chi connectivity index (χ1v) is 25.7. The van der Waals surface area contributed by atoms with Crippen LogP contribution in [-0.2, 0) is 0 Å². The van der Waals surface area contributed by atoms with Gasteiger partial charge in [-0.1, -0.05) is 0 Å². The fourth-order valence-electron chi connectivity index (χ4n) is 6.55. The standard InChI is InChI=1S/6C6H5.C4H2.2Sn/c6*1-2-4-6-5-3-1;1-3-4-2;;/h6*1-5H;1H2;;. The molecule has 6 aromatic carbocycles. The van der Waals surface area contributed by atoms with E-state index in [1.54, 1.807) is 0 Å². The molecule has 0 unspecified atom stereocenters. The second kappa shape index (κ2) is 13.0. The van der Waals surface area contributed by atoms with Crippen LogP contribution in [-0.4, -0.2) is 36.8 Å². The Labute approximate surface area is 257 Å². The molecule has 0 aliphatic rings. The molecule has 0 amide bonds. The van der Waals surface area contributed by atoms with Gasteiger partial charge >= 0.3 is 260 Å². The van der Waals surface area contributed by atoms with Gasteiger partial charge in [-0.15, -0.1) is 0 Å². The summed E-state index contributed by atoms with van der Waals surface area (Å²) in [5, 5.41) is 0. The Bertz CT molecular complexity index is 1500. The Morgan fingerprint density at radius 3 is 0.690 bits per heavy atom.